The van der Waals surface area contributed by atoms with Crippen LogP contribution in [0.2, 0.25) is 0 Å². The molecule has 1 heterocycles. The lowest BCUT2D eigenvalue weighted by Crippen LogP contribution is -2.13. The van der Waals surface area contributed by atoms with Gasteiger partial charge in [0.1, 0.15) is 0 Å². The molecule has 0 aliphatic carbocycles. The molecule has 0 saturated heterocycles. The van der Waals surface area contributed by atoms with Crippen molar-refractivity contribution < 1.29 is 4.79 Å². The zero-order valence-corrected chi connectivity index (χ0v) is 9.29. The van der Waals surface area contributed by atoms with Crippen LogP contribution in [0.1, 0.15) is 15.9 Å². The minimum absolute atomic E-state index is 0.177. The van der Waals surface area contributed by atoms with Gasteiger partial charge in [0, 0.05) is 12.1 Å². The molecule has 17 heavy (non-hydrogen) atoms. The quantitative estimate of drug-likeness (QED) is 0.771. The highest BCUT2D eigenvalue weighted by Crippen LogP contribution is 2.06. The fraction of sp³-hybridized carbons (Fsp3) is 0.200. The molecule has 3 N–H and O–H groups in total. The number of aryl methyl sites for hydroxylation is 1. The van der Waals surface area contributed by atoms with E-state index >= 15 is 0 Å². The Morgan fingerprint density at radius 3 is 3.00 bits per heavy atom. The summed E-state index contributed by atoms with van der Waals surface area (Å²) in [7, 11) is 1.62. The zero-order chi connectivity index (χ0) is 12.3. The van der Waals surface area contributed by atoms with E-state index in [0.717, 1.165) is 5.56 Å². The van der Waals surface area contributed by atoms with Gasteiger partial charge in [0.15, 0.2) is 0 Å². The van der Waals surface area contributed by atoms with Crippen molar-refractivity contribution >= 4 is 11.9 Å². The third-order valence-electron chi connectivity index (χ3n) is 2.16. The lowest BCUT2D eigenvalue weighted by atomic mass is 10.1. The van der Waals surface area contributed by atoms with E-state index in [2.05, 4.69) is 20.7 Å². The normalized spacial score (nSPS) is 10.2. The largest absolute Gasteiger partial charge is 0.326 e. The molecule has 0 atom stereocenters. The van der Waals surface area contributed by atoms with Gasteiger partial charge in [-0.2, -0.15) is 4.80 Å². The molecule has 0 saturated carbocycles. The van der Waals surface area contributed by atoms with E-state index in [1.54, 1.807) is 25.2 Å². The number of nitrogens with two attached hydrogens (primary N) is 1. The van der Waals surface area contributed by atoms with E-state index in [1.165, 1.54) is 4.80 Å². The first-order valence-corrected chi connectivity index (χ1v) is 5.03. The molecule has 0 aliphatic heterocycles. The number of benzene rings is 1. The lowest BCUT2D eigenvalue weighted by molar-refractivity contribution is 0.102. The SMILES string of the molecule is Cn1nnc(NC(=O)c2cccc(CN)c2)n1. The highest BCUT2D eigenvalue weighted by atomic mass is 16.1. The minimum atomic E-state index is -0.284. The van der Waals surface area contributed by atoms with Gasteiger partial charge in [0.25, 0.3) is 11.9 Å². The van der Waals surface area contributed by atoms with Crippen LogP contribution >= 0.6 is 0 Å². The van der Waals surface area contributed by atoms with E-state index in [9.17, 15) is 4.79 Å². The number of nitrogens with zero attached hydrogens (tertiary/aromatic N) is 4. The molecule has 0 bridgehead atoms. The van der Waals surface area contributed by atoms with Crippen LogP contribution in [0.5, 0.6) is 0 Å². The van der Waals surface area contributed by atoms with Crippen LogP contribution in [0.25, 0.3) is 0 Å². The molecule has 0 aliphatic rings. The highest BCUT2D eigenvalue weighted by Gasteiger charge is 2.09. The second kappa shape index (κ2) is 4.71. The van der Waals surface area contributed by atoms with Crippen LogP contribution in [0.3, 0.4) is 0 Å². The third-order valence-corrected chi connectivity index (χ3v) is 2.16. The maximum atomic E-state index is 11.8. The Balaban J connectivity index is 2.14. The molecule has 0 fully saturated rings. The Morgan fingerprint density at radius 1 is 1.53 bits per heavy atom. The van der Waals surface area contributed by atoms with Gasteiger partial charge >= 0.3 is 0 Å². The van der Waals surface area contributed by atoms with Gasteiger partial charge in [-0.05, 0) is 22.9 Å². The number of tetrazole rings is 1. The van der Waals surface area contributed by atoms with Gasteiger partial charge < -0.3 is 5.73 Å². The van der Waals surface area contributed by atoms with E-state index in [4.69, 9.17) is 5.73 Å². The van der Waals surface area contributed by atoms with E-state index in [-0.39, 0.29) is 11.9 Å². The summed E-state index contributed by atoms with van der Waals surface area (Å²) in [6.07, 6.45) is 0. The van der Waals surface area contributed by atoms with E-state index in [1.807, 2.05) is 6.07 Å². The van der Waals surface area contributed by atoms with Crippen LogP contribution < -0.4 is 11.1 Å². The van der Waals surface area contributed by atoms with Crippen molar-refractivity contribution in [2.24, 2.45) is 12.8 Å². The molecule has 88 valence electrons. The molecule has 7 heteroatoms. The third kappa shape index (κ3) is 2.64. The Kier molecular flexibility index (Phi) is 3.10. The molecular weight excluding hydrogens is 220 g/mol. The summed E-state index contributed by atoms with van der Waals surface area (Å²) in [5.41, 5.74) is 6.91. The molecule has 7 nitrogen and oxygen atoms in total. The minimum Gasteiger partial charge on any atom is -0.326 e. The maximum absolute atomic E-state index is 11.8. The predicted octanol–water partition coefficient (Wildman–Crippen LogP) is -0.0789. The van der Waals surface area contributed by atoms with Crippen LogP contribution in [0.15, 0.2) is 24.3 Å². The first-order valence-electron chi connectivity index (χ1n) is 5.03. The highest BCUT2D eigenvalue weighted by molar-refractivity contribution is 6.03. The van der Waals surface area contributed by atoms with Gasteiger partial charge in [-0.15, -0.1) is 5.10 Å². The smallest absolute Gasteiger partial charge is 0.270 e. The summed E-state index contributed by atoms with van der Waals surface area (Å²) < 4.78 is 0. The van der Waals surface area contributed by atoms with Crippen molar-refractivity contribution in [2.75, 3.05) is 5.32 Å². The number of anilines is 1. The Bertz CT molecular complexity index is 535. The number of rotatable bonds is 3. The standard InChI is InChI=1S/C10H12N6O/c1-16-14-10(13-15-16)12-9(17)8-4-2-3-7(5-8)6-11/h2-5H,6,11H2,1H3,(H,12,14,17). The number of nitrogens with one attached hydrogen (secondary N) is 1. The monoisotopic (exact) mass is 232 g/mol. The van der Waals surface area contributed by atoms with Gasteiger partial charge in [0.05, 0.1) is 7.05 Å². The molecule has 1 aromatic carbocycles. The number of carbonyl (C=O) groups is 1. The Hall–Kier alpha value is -2.28. The molecular formula is C10H12N6O. The topological polar surface area (TPSA) is 98.7 Å². The Morgan fingerprint density at radius 2 is 2.35 bits per heavy atom. The van der Waals surface area contributed by atoms with Gasteiger partial charge in [-0.1, -0.05) is 17.2 Å². The summed E-state index contributed by atoms with van der Waals surface area (Å²) >= 11 is 0. The molecule has 0 unspecified atom stereocenters. The first-order chi connectivity index (χ1) is 8.19. The van der Waals surface area contributed by atoms with Crippen molar-refractivity contribution in [1.82, 2.24) is 20.2 Å². The fourth-order valence-electron chi connectivity index (χ4n) is 1.35. The van der Waals surface area contributed by atoms with Gasteiger partial charge in [0.2, 0.25) is 0 Å². The Labute approximate surface area is 97.6 Å². The summed E-state index contributed by atoms with van der Waals surface area (Å²) in [5.74, 6) is -0.107. The number of hydrogen-bond donors (Lipinski definition) is 2. The van der Waals surface area contributed by atoms with Gasteiger partial charge in [-0.25, -0.2) is 0 Å². The molecule has 1 aromatic heterocycles. The summed E-state index contributed by atoms with van der Waals surface area (Å²) in [5, 5.41) is 13.7. The van der Waals surface area contributed by atoms with Crippen molar-refractivity contribution in [3.8, 4) is 0 Å². The van der Waals surface area contributed by atoms with E-state index in [0.29, 0.717) is 12.1 Å². The average molecular weight is 232 g/mol. The number of amides is 1. The first kappa shape index (κ1) is 11.2. The van der Waals surface area contributed by atoms with Crippen LogP contribution in [-0.4, -0.2) is 26.1 Å². The van der Waals surface area contributed by atoms with Gasteiger partial charge in [-0.3, -0.25) is 10.1 Å². The molecule has 2 aromatic rings. The lowest BCUT2D eigenvalue weighted by Gasteiger charge is -2.02. The van der Waals surface area contributed by atoms with Crippen molar-refractivity contribution in [3.05, 3.63) is 35.4 Å². The maximum Gasteiger partial charge on any atom is 0.270 e. The van der Waals surface area contributed by atoms with E-state index < -0.39 is 0 Å². The number of aromatic nitrogens is 4. The average Bonchev–Trinajstić information content (AvgIpc) is 2.75. The molecule has 0 radical (unpaired) electrons. The molecule has 1 amide bonds. The summed E-state index contributed by atoms with van der Waals surface area (Å²) in [6, 6.07) is 7.06. The zero-order valence-electron chi connectivity index (χ0n) is 9.29. The molecule has 2 rings (SSSR count). The van der Waals surface area contributed by atoms with Crippen molar-refractivity contribution in [2.45, 2.75) is 6.54 Å². The second-order valence-electron chi connectivity index (χ2n) is 3.46. The summed E-state index contributed by atoms with van der Waals surface area (Å²) in [6.45, 7) is 0.393. The molecule has 0 spiro atoms. The van der Waals surface area contributed by atoms with Crippen molar-refractivity contribution in [1.29, 1.82) is 0 Å². The summed E-state index contributed by atoms with van der Waals surface area (Å²) in [4.78, 5) is 13.1. The van der Waals surface area contributed by atoms with Crippen LogP contribution in [0.4, 0.5) is 5.95 Å². The van der Waals surface area contributed by atoms with Crippen LogP contribution in [0, 0.1) is 0 Å². The number of carbonyl (C=O) groups excluding carboxylic acids is 1. The fourth-order valence-corrected chi connectivity index (χ4v) is 1.35. The van der Waals surface area contributed by atoms with Crippen molar-refractivity contribution in [3.63, 3.8) is 0 Å². The second-order valence-corrected chi connectivity index (χ2v) is 3.46. The number of hydrogen-bond acceptors (Lipinski definition) is 5. The predicted molar refractivity (Wildman–Crippen MR) is 61.1 cm³/mol. The van der Waals surface area contributed by atoms with Crippen LogP contribution in [-0.2, 0) is 13.6 Å².